The largest absolute Gasteiger partial charge is 0.249 e. The van der Waals surface area contributed by atoms with E-state index in [1.54, 1.807) is 0 Å². The van der Waals surface area contributed by atoms with Crippen LogP contribution in [0.15, 0.2) is 77.2 Å². The van der Waals surface area contributed by atoms with E-state index in [0.29, 0.717) is 11.5 Å². The van der Waals surface area contributed by atoms with Gasteiger partial charge in [-0.15, -0.1) is 0 Å². The van der Waals surface area contributed by atoms with E-state index in [0.717, 1.165) is 27.9 Å². The van der Waals surface area contributed by atoms with E-state index in [2.05, 4.69) is 19.1 Å². The van der Waals surface area contributed by atoms with Crippen LogP contribution in [-0.4, -0.2) is 4.21 Å². The van der Waals surface area contributed by atoms with Gasteiger partial charge < -0.3 is 0 Å². The maximum atomic E-state index is 13.9. The summed E-state index contributed by atoms with van der Waals surface area (Å²) in [6.45, 7) is 6.17. The van der Waals surface area contributed by atoms with Gasteiger partial charge in [0.15, 0.2) is 0 Å². The number of nitrogens with zero attached hydrogens (tertiary/aromatic N) is 1. The fourth-order valence-corrected chi connectivity index (χ4v) is 5.55. The zero-order valence-electron chi connectivity index (χ0n) is 15.6. The molecule has 0 aliphatic rings. The molecular weight excluding hydrogens is 338 g/mol. The van der Waals surface area contributed by atoms with Crippen molar-refractivity contribution in [1.82, 2.24) is 0 Å². The summed E-state index contributed by atoms with van der Waals surface area (Å²) < 4.78 is 18.8. The molecule has 0 fully saturated rings. The Hall–Kier alpha value is -2.39. The van der Waals surface area contributed by atoms with E-state index in [1.165, 1.54) is 5.56 Å². The van der Waals surface area contributed by atoms with Crippen molar-refractivity contribution in [3.8, 4) is 0 Å². The Bertz CT molecular complexity index is 930. The fraction of sp³-hybridized carbons (Fsp3) is 0.217. The highest BCUT2D eigenvalue weighted by Crippen LogP contribution is 2.29. The van der Waals surface area contributed by atoms with E-state index < -0.39 is 9.73 Å². The highest BCUT2D eigenvalue weighted by Gasteiger charge is 2.14. The summed E-state index contributed by atoms with van der Waals surface area (Å²) in [6, 6.07) is 24.2. The van der Waals surface area contributed by atoms with Crippen LogP contribution in [0.5, 0.6) is 0 Å². The predicted molar refractivity (Wildman–Crippen MR) is 111 cm³/mol. The second-order valence-electron chi connectivity index (χ2n) is 6.87. The minimum absolute atomic E-state index is 0.454. The van der Waals surface area contributed by atoms with E-state index in [4.69, 9.17) is 4.36 Å². The lowest BCUT2D eigenvalue weighted by Crippen LogP contribution is -2.08. The quantitative estimate of drug-likeness (QED) is 0.537. The van der Waals surface area contributed by atoms with Crippen LogP contribution < -0.4 is 0 Å². The second kappa shape index (κ2) is 7.88. The van der Waals surface area contributed by atoms with Crippen molar-refractivity contribution in [1.29, 1.82) is 0 Å². The van der Waals surface area contributed by atoms with Crippen LogP contribution in [0, 0.1) is 20.8 Å². The van der Waals surface area contributed by atoms with Crippen molar-refractivity contribution < 1.29 is 4.21 Å². The number of hydrogen-bond donors (Lipinski definition) is 0. The van der Waals surface area contributed by atoms with Gasteiger partial charge in [-0.1, -0.05) is 78.4 Å². The van der Waals surface area contributed by atoms with E-state index in [9.17, 15) is 4.21 Å². The molecule has 0 unspecified atom stereocenters. The molecule has 0 heterocycles. The zero-order chi connectivity index (χ0) is 18.6. The van der Waals surface area contributed by atoms with Gasteiger partial charge in [0.2, 0.25) is 0 Å². The van der Waals surface area contributed by atoms with Gasteiger partial charge in [0, 0.05) is 0 Å². The molecule has 3 rings (SSSR count). The number of rotatable bonds is 5. The Kier molecular flexibility index (Phi) is 5.58. The second-order valence-corrected chi connectivity index (χ2v) is 9.18. The Labute approximate surface area is 157 Å². The van der Waals surface area contributed by atoms with Gasteiger partial charge in [-0.25, -0.2) is 4.21 Å². The first-order valence-corrected chi connectivity index (χ1v) is 10.7. The van der Waals surface area contributed by atoms with Crippen LogP contribution in [0.4, 0.5) is 5.69 Å². The summed E-state index contributed by atoms with van der Waals surface area (Å²) in [5.41, 5.74) is 6.34. The number of aryl methyl sites for hydroxylation is 3. The molecule has 0 bridgehead atoms. The van der Waals surface area contributed by atoms with Gasteiger partial charge >= 0.3 is 0 Å². The Morgan fingerprint density at radius 2 is 1.15 bits per heavy atom. The standard InChI is InChI=1S/C23H25NOS/c1-18-14-19(2)23(20(3)15-18)24-26(25,16-21-10-6-4-7-11-21)17-22-12-8-5-9-13-22/h4-15H,16-17H2,1-3H3. The first-order chi connectivity index (χ1) is 12.5. The average Bonchev–Trinajstić information content (AvgIpc) is 2.60. The smallest absolute Gasteiger partial charge is 0.0788 e. The van der Waals surface area contributed by atoms with Crippen LogP contribution in [-0.2, 0) is 21.2 Å². The van der Waals surface area contributed by atoms with Gasteiger partial charge in [-0.05, 0) is 43.0 Å². The lowest BCUT2D eigenvalue weighted by Gasteiger charge is -2.14. The van der Waals surface area contributed by atoms with Gasteiger partial charge in [-0.2, -0.15) is 4.36 Å². The van der Waals surface area contributed by atoms with Crippen LogP contribution in [0.1, 0.15) is 27.8 Å². The molecule has 0 aliphatic heterocycles. The Morgan fingerprint density at radius 1 is 0.731 bits per heavy atom. The molecule has 2 nitrogen and oxygen atoms in total. The number of hydrogen-bond acceptors (Lipinski definition) is 2. The minimum Gasteiger partial charge on any atom is -0.249 e. The molecule has 0 saturated carbocycles. The summed E-state index contributed by atoms with van der Waals surface area (Å²) in [7, 11) is -2.48. The SMILES string of the molecule is Cc1cc(C)c(N=S(=O)(Cc2ccccc2)Cc2ccccc2)c(C)c1. The zero-order valence-corrected chi connectivity index (χ0v) is 16.4. The highest BCUT2D eigenvalue weighted by atomic mass is 32.2. The molecule has 0 saturated heterocycles. The van der Waals surface area contributed by atoms with E-state index >= 15 is 0 Å². The highest BCUT2D eigenvalue weighted by molar-refractivity contribution is 7.92. The van der Waals surface area contributed by atoms with Crippen molar-refractivity contribution in [3.05, 3.63) is 101 Å². The fourth-order valence-electron chi connectivity index (χ4n) is 3.27. The maximum absolute atomic E-state index is 13.9. The predicted octanol–water partition coefficient (Wildman–Crippen LogP) is 6.11. The molecule has 0 atom stereocenters. The van der Waals surface area contributed by atoms with Crippen LogP contribution >= 0.6 is 0 Å². The van der Waals surface area contributed by atoms with E-state index in [-0.39, 0.29) is 0 Å². The third-order valence-electron chi connectivity index (χ3n) is 4.36. The summed E-state index contributed by atoms with van der Waals surface area (Å²) in [5.74, 6) is 0.908. The Morgan fingerprint density at radius 3 is 1.58 bits per heavy atom. The van der Waals surface area contributed by atoms with Crippen molar-refractivity contribution in [3.63, 3.8) is 0 Å². The van der Waals surface area contributed by atoms with Crippen LogP contribution in [0.3, 0.4) is 0 Å². The monoisotopic (exact) mass is 363 g/mol. The van der Waals surface area contributed by atoms with Crippen molar-refractivity contribution in [2.75, 3.05) is 0 Å². The summed E-state index contributed by atoms with van der Waals surface area (Å²) in [5, 5.41) is 0. The normalized spacial score (nSPS) is 11.3. The minimum atomic E-state index is -2.48. The van der Waals surface area contributed by atoms with Crippen molar-refractivity contribution in [2.24, 2.45) is 4.36 Å². The first-order valence-electron chi connectivity index (χ1n) is 8.83. The molecule has 3 aromatic rings. The third kappa shape index (κ3) is 4.61. The molecule has 0 radical (unpaired) electrons. The van der Waals surface area contributed by atoms with Gasteiger partial charge in [-0.3, -0.25) is 0 Å². The first kappa shape index (κ1) is 18.4. The van der Waals surface area contributed by atoms with Crippen LogP contribution in [0.25, 0.3) is 0 Å². The van der Waals surface area contributed by atoms with Crippen LogP contribution in [0.2, 0.25) is 0 Å². The van der Waals surface area contributed by atoms with Crippen molar-refractivity contribution >= 4 is 15.4 Å². The lowest BCUT2D eigenvalue weighted by atomic mass is 10.1. The molecule has 3 heteroatoms. The molecule has 134 valence electrons. The molecule has 0 N–H and O–H groups in total. The third-order valence-corrected chi connectivity index (χ3v) is 6.45. The lowest BCUT2D eigenvalue weighted by molar-refractivity contribution is 0.675. The van der Waals surface area contributed by atoms with Gasteiger partial charge in [0.1, 0.15) is 0 Å². The summed E-state index contributed by atoms with van der Waals surface area (Å²) in [6.07, 6.45) is 0. The molecule has 0 amide bonds. The molecule has 0 aliphatic carbocycles. The van der Waals surface area contributed by atoms with Gasteiger partial charge in [0.05, 0.1) is 26.9 Å². The molecular formula is C23H25NOS. The molecule has 0 aromatic heterocycles. The summed E-state index contributed by atoms with van der Waals surface area (Å²) >= 11 is 0. The maximum Gasteiger partial charge on any atom is 0.0788 e. The van der Waals surface area contributed by atoms with Crippen molar-refractivity contribution in [2.45, 2.75) is 32.3 Å². The summed E-state index contributed by atoms with van der Waals surface area (Å²) in [4.78, 5) is 0. The molecule has 26 heavy (non-hydrogen) atoms. The Balaban J connectivity index is 2.10. The average molecular weight is 364 g/mol. The molecule has 0 spiro atoms. The molecule has 3 aromatic carbocycles. The topological polar surface area (TPSA) is 29.4 Å². The number of benzene rings is 3. The van der Waals surface area contributed by atoms with Gasteiger partial charge in [0.25, 0.3) is 0 Å². The van der Waals surface area contributed by atoms with E-state index in [1.807, 2.05) is 74.5 Å².